The fourth-order valence-electron chi connectivity index (χ4n) is 3.90. The van der Waals surface area contributed by atoms with Crippen molar-refractivity contribution < 1.29 is 26.4 Å². The van der Waals surface area contributed by atoms with Crippen LogP contribution in [-0.4, -0.2) is 51.4 Å². The molecule has 9 heteroatoms. The van der Waals surface area contributed by atoms with Crippen LogP contribution in [0.15, 0.2) is 18.2 Å². The number of benzene rings is 1. The van der Waals surface area contributed by atoms with Gasteiger partial charge in [0.2, 0.25) is 10.0 Å². The minimum absolute atomic E-state index is 0.122. The zero-order chi connectivity index (χ0) is 19.2. The molecule has 144 valence electrons. The third-order valence-electron chi connectivity index (χ3n) is 5.52. The van der Waals surface area contributed by atoms with Gasteiger partial charge in [0.1, 0.15) is 0 Å². The molecule has 2 heterocycles. The first kappa shape index (κ1) is 19.2. The Balaban J connectivity index is 1.77. The summed E-state index contributed by atoms with van der Waals surface area (Å²) in [4.78, 5) is 13.1. The molecule has 1 aromatic rings. The number of piperidine rings is 1. The summed E-state index contributed by atoms with van der Waals surface area (Å²) >= 11 is 0. The first-order valence-corrected chi connectivity index (χ1v) is 10.3. The maximum absolute atomic E-state index is 13.0. The minimum atomic E-state index is -4.46. The number of rotatable bonds is 3. The van der Waals surface area contributed by atoms with Gasteiger partial charge in [0.05, 0.1) is 11.8 Å². The maximum atomic E-state index is 13.0. The van der Waals surface area contributed by atoms with Crippen molar-refractivity contribution in [3.63, 3.8) is 0 Å². The van der Waals surface area contributed by atoms with Crippen LogP contribution < -0.4 is 4.90 Å². The van der Waals surface area contributed by atoms with E-state index in [-0.39, 0.29) is 11.0 Å². The molecule has 5 nitrogen and oxygen atoms in total. The van der Waals surface area contributed by atoms with E-state index in [1.54, 1.807) is 4.90 Å². The predicted octanol–water partition coefficient (Wildman–Crippen LogP) is 2.77. The number of carbonyl (C=O) groups excluding carboxylic acids is 1. The molecule has 0 atom stereocenters. The number of nitrogens with zero attached hydrogens (tertiary/aromatic N) is 2. The van der Waals surface area contributed by atoms with Gasteiger partial charge in [-0.25, -0.2) is 12.7 Å². The van der Waals surface area contributed by atoms with Gasteiger partial charge in [-0.2, -0.15) is 13.2 Å². The first-order chi connectivity index (χ1) is 12.0. The van der Waals surface area contributed by atoms with E-state index < -0.39 is 21.8 Å². The summed E-state index contributed by atoms with van der Waals surface area (Å²) in [6.07, 6.45) is -0.562. The van der Waals surface area contributed by atoms with Crippen molar-refractivity contribution in [2.75, 3.05) is 37.3 Å². The molecule has 2 saturated heterocycles. The fraction of sp³-hybridized carbons (Fsp3) is 0.588. The van der Waals surface area contributed by atoms with Crippen molar-refractivity contribution >= 4 is 22.0 Å². The van der Waals surface area contributed by atoms with Crippen molar-refractivity contribution in [3.05, 3.63) is 29.3 Å². The molecule has 0 bridgehead atoms. The summed E-state index contributed by atoms with van der Waals surface area (Å²) in [5.41, 5.74) is -0.369. The third-order valence-corrected chi connectivity index (χ3v) is 6.77. The normalized spacial score (nSPS) is 21.3. The molecule has 0 saturated carbocycles. The van der Waals surface area contributed by atoms with Gasteiger partial charge in [0.25, 0.3) is 0 Å². The van der Waals surface area contributed by atoms with Crippen LogP contribution >= 0.6 is 0 Å². The summed E-state index contributed by atoms with van der Waals surface area (Å²) in [5, 5.41) is 0. The summed E-state index contributed by atoms with van der Waals surface area (Å²) in [5.74, 6) is 0. The third kappa shape index (κ3) is 3.73. The van der Waals surface area contributed by atoms with Crippen LogP contribution in [0.2, 0.25) is 0 Å². The lowest BCUT2D eigenvalue weighted by Crippen LogP contribution is -2.42. The highest BCUT2D eigenvalue weighted by Gasteiger charge is 2.43. The molecule has 2 aliphatic rings. The fourth-order valence-corrected chi connectivity index (χ4v) is 4.83. The molecule has 3 rings (SSSR count). The molecule has 0 aliphatic carbocycles. The number of aldehydes is 1. The first-order valence-electron chi connectivity index (χ1n) is 8.41. The molecule has 1 spiro atoms. The molecule has 0 N–H and O–H groups in total. The van der Waals surface area contributed by atoms with Gasteiger partial charge in [-0.05, 0) is 42.9 Å². The maximum Gasteiger partial charge on any atom is 0.416 e. The summed E-state index contributed by atoms with van der Waals surface area (Å²) < 4.78 is 63.9. The van der Waals surface area contributed by atoms with Crippen molar-refractivity contribution in [2.24, 2.45) is 5.41 Å². The highest BCUT2D eigenvalue weighted by Crippen LogP contribution is 2.43. The summed E-state index contributed by atoms with van der Waals surface area (Å²) in [6, 6.07) is 3.15. The van der Waals surface area contributed by atoms with Gasteiger partial charge in [0.15, 0.2) is 6.29 Å². The van der Waals surface area contributed by atoms with E-state index in [0.29, 0.717) is 51.0 Å². The van der Waals surface area contributed by atoms with E-state index in [0.717, 1.165) is 18.6 Å². The standard InChI is InChI=1S/C17H21F3N2O3S/c1-26(24,25)22-9-6-16(12-22)4-7-21(8-5-16)15-10-14(17(18,19)20)3-2-13(15)11-23/h2-3,10-11H,4-9,12H2,1H3. The van der Waals surface area contributed by atoms with Crippen LogP contribution in [0.1, 0.15) is 35.2 Å². The van der Waals surface area contributed by atoms with Crippen molar-refractivity contribution in [3.8, 4) is 0 Å². The second-order valence-electron chi connectivity index (χ2n) is 7.22. The highest BCUT2D eigenvalue weighted by molar-refractivity contribution is 7.88. The number of carbonyl (C=O) groups is 1. The van der Waals surface area contributed by atoms with Crippen LogP contribution in [-0.2, 0) is 16.2 Å². The SMILES string of the molecule is CS(=O)(=O)N1CCC2(CCN(c3cc(C(F)(F)F)ccc3C=O)CC2)C1. The van der Waals surface area contributed by atoms with Crippen LogP contribution in [0.5, 0.6) is 0 Å². The molecule has 0 amide bonds. The van der Waals surface area contributed by atoms with Crippen LogP contribution in [0.25, 0.3) is 0 Å². The van der Waals surface area contributed by atoms with Crippen LogP contribution in [0, 0.1) is 5.41 Å². The molecule has 0 radical (unpaired) electrons. The second-order valence-corrected chi connectivity index (χ2v) is 9.21. The molecular weight excluding hydrogens is 369 g/mol. The number of hydrogen-bond acceptors (Lipinski definition) is 4. The van der Waals surface area contributed by atoms with Gasteiger partial charge < -0.3 is 4.90 Å². The summed E-state index contributed by atoms with van der Waals surface area (Å²) in [7, 11) is -3.23. The number of halogens is 3. The molecule has 1 aromatic carbocycles. The zero-order valence-electron chi connectivity index (χ0n) is 14.4. The topological polar surface area (TPSA) is 57.7 Å². The molecule has 2 fully saturated rings. The van der Waals surface area contributed by atoms with Crippen molar-refractivity contribution in [1.29, 1.82) is 0 Å². The quantitative estimate of drug-likeness (QED) is 0.745. The van der Waals surface area contributed by atoms with Crippen molar-refractivity contribution in [1.82, 2.24) is 4.31 Å². The number of hydrogen-bond donors (Lipinski definition) is 0. The van der Waals surface area contributed by atoms with Crippen LogP contribution in [0.4, 0.5) is 18.9 Å². The lowest BCUT2D eigenvalue weighted by atomic mass is 9.77. The average molecular weight is 390 g/mol. The highest BCUT2D eigenvalue weighted by atomic mass is 32.2. The van der Waals surface area contributed by atoms with E-state index in [1.807, 2.05) is 0 Å². The average Bonchev–Trinajstić information content (AvgIpc) is 2.98. The lowest BCUT2D eigenvalue weighted by molar-refractivity contribution is -0.137. The van der Waals surface area contributed by atoms with Gasteiger partial charge in [-0.15, -0.1) is 0 Å². The van der Waals surface area contributed by atoms with Gasteiger partial charge in [-0.3, -0.25) is 4.79 Å². The van der Waals surface area contributed by atoms with Gasteiger partial charge in [-0.1, -0.05) is 0 Å². The Morgan fingerprint density at radius 1 is 1.12 bits per heavy atom. The summed E-state index contributed by atoms with van der Waals surface area (Å²) in [6.45, 7) is 1.95. The monoisotopic (exact) mass is 390 g/mol. The lowest BCUT2D eigenvalue weighted by Gasteiger charge is -2.40. The Morgan fingerprint density at radius 3 is 2.23 bits per heavy atom. The molecule has 26 heavy (non-hydrogen) atoms. The van der Waals surface area contributed by atoms with E-state index in [1.165, 1.54) is 16.6 Å². The molecule has 2 aliphatic heterocycles. The van der Waals surface area contributed by atoms with E-state index in [9.17, 15) is 26.4 Å². The Morgan fingerprint density at radius 2 is 1.73 bits per heavy atom. The number of anilines is 1. The minimum Gasteiger partial charge on any atom is -0.371 e. The van der Waals surface area contributed by atoms with Gasteiger partial charge >= 0.3 is 6.18 Å². The Labute approximate surface area is 150 Å². The van der Waals surface area contributed by atoms with Crippen molar-refractivity contribution in [2.45, 2.75) is 25.4 Å². The Hall–Kier alpha value is -1.61. The number of sulfonamides is 1. The Kier molecular flexibility index (Phi) is 4.81. The van der Waals surface area contributed by atoms with E-state index >= 15 is 0 Å². The second kappa shape index (κ2) is 6.53. The van der Waals surface area contributed by atoms with E-state index in [2.05, 4.69) is 0 Å². The predicted molar refractivity (Wildman–Crippen MR) is 91.7 cm³/mol. The van der Waals surface area contributed by atoms with E-state index in [4.69, 9.17) is 0 Å². The smallest absolute Gasteiger partial charge is 0.371 e. The zero-order valence-corrected chi connectivity index (χ0v) is 15.2. The van der Waals surface area contributed by atoms with Gasteiger partial charge in [0, 0.05) is 37.4 Å². The molecule has 0 aromatic heterocycles. The number of alkyl halides is 3. The largest absolute Gasteiger partial charge is 0.416 e. The van der Waals surface area contributed by atoms with Crippen LogP contribution in [0.3, 0.4) is 0 Å². The Bertz CT molecular complexity index is 800. The molecule has 0 unspecified atom stereocenters. The molecular formula is C17H21F3N2O3S.